The standard InChI is InChI=1S/C25H27FN2O2S/c1-17-22(14-18-4-7-20(8-5-18)31(3)30)21-9-6-19(26)15-24(21)23(17)16-25(29)28-12-10-27(2)11-13-28/h4-9,14-15H,10-13,16H2,1-3H3. The van der Waals surface area contributed by atoms with E-state index in [1.54, 1.807) is 12.3 Å². The van der Waals surface area contributed by atoms with E-state index in [0.717, 1.165) is 64.5 Å². The van der Waals surface area contributed by atoms with E-state index in [9.17, 15) is 13.4 Å². The van der Waals surface area contributed by atoms with E-state index in [1.807, 2.05) is 36.1 Å². The highest BCUT2D eigenvalue weighted by Gasteiger charge is 2.28. The van der Waals surface area contributed by atoms with Crippen LogP contribution >= 0.6 is 0 Å². The van der Waals surface area contributed by atoms with Crippen LogP contribution in [0.2, 0.25) is 0 Å². The first-order valence-corrected chi connectivity index (χ1v) is 12.0. The van der Waals surface area contributed by atoms with Crippen LogP contribution in [0.25, 0.3) is 17.2 Å². The summed E-state index contributed by atoms with van der Waals surface area (Å²) in [5, 5.41) is 0. The van der Waals surface area contributed by atoms with Crippen LogP contribution in [-0.4, -0.2) is 59.4 Å². The SMILES string of the molecule is CC1=C(CC(=O)N2CCN(C)CC2)c2cc(F)ccc2C1=Cc1ccc(S(C)=O)cc1. The minimum Gasteiger partial charge on any atom is -0.340 e. The van der Waals surface area contributed by atoms with Crippen LogP contribution in [0, 0.1) is 5.82 Å². The summed E-state index contributed by atoms with van der Waals surface area (Å²) in [5.74, 6) is -0.208. The predicted molar refractivity (Wildman–Crippen MR) is 124 cm³/mol. The summed E-state index contributed by atoms with van der Waals surface area (Å²) >= 11 is 0. The molecular formula is C25H27FN2O2S. The zero-order valence-corrected chi connectivity index (χ0v) is 19.0. The minimum absolute atomic E-state index is 0.0914. The van der Waals surface area contributed by atoms with E-state index in [4.69, 9.17) is 0 Å². The topological polar surface area (TPSA) is 40.6 Å². The first kappa shape index (κ1) is 21.7. The van der Waals surface area contributed by atoms with Crippen molar-refractivity contribution in [3.05, 3.63) is 70.5 Å². The molecule has 2 aliphatic rings. The Balaban J connectivity index is 1.67. The van der Waals surface area contributed by atoms with Gasteiger partial charge in [0.1, 0.15) is 5.82 Å². The number of amides is 1. The molecule has 6 heteroatoms. The number of piperazine rings is 1. The third-order valence-electron chi connectivity index (χ3n) is 6.16. The van der Waals surface area contributed by atoms with E-state index in [-0.39, 0.29) is 18.1 Å². The molecule has 1 fully saturated rings. The fraction of sp³-hybridized carbons (Fsp3) is 0.320. The Labute approximate surface area is 185 Å². The molecule has 1 unspecified atom stereocenters. The van der Waals surface area contributed by atoms with Crippen molar-refractivity contribution in [2.75, 3.05) is 39.5 Å². The zero-order chi connectivity index (χ0) is 22.1. The Morgan fingerprint density at radius 2 is 1.74 bits per heavy atom. The Hall–Kier alpha value is -2.57. The highest BCUT2D eigenvalue weighted by Crippen LogP contribution is 2.44. The Morgan fingerprint density at radius 1 is 1.06 bits per heavy atom. The lowest BCUT2D eigenvalue weighted by Crippen LogP contribution is -2.47. The first-order chi connectivity index (χ1) is 14.8. The normalized spacial score (nSPS) is 19.1. The van der Waals surface area contributed by atoms with Gasteiger partial charge < -0.3 is 9.80 Å². The molecule has 162 valence electrons. The predicted octanol–water partition coefficient (Wildman–Crippen LogP) is 4.05. The summed E-state index contributed by atoms with van der Waals surface area (Å²) in [6, 6.07) is 12.4. The second-order valence-electron chi connectivity index (χ2n) is 8.24. The molecule has 1 aliphatic carbocycles. The maximum absolute atomic E-state index is 14.1. The molecule has 2 aromatic rings. The van der Waals surface area contributed by atoms with Crippen molar-refractivity contribution in [3.8, 4) is 0 Å². The Kier molecular flexibility index (Phi) is 6.21. The van der Waals surface area contributed by atoms with Crippen LogP contribution < -0.4 is 0 Å². The summed E-state index contributed by atoms with van der Waals surface area (Å²) in [6.07, 6.45) is 3.99. The molecule has 4 nitrogen and oxygen atoms in total. The summed E-state index contributed by atoms with van der Waals surface area (Å²) in [6.45, 7) is 5.21. The molecule has 0 spiro atoms. The fourth-order valence-corrected chi connectivity index (χ4v) is 4.74. The number of carbonyl (C=O) groups is 1. The second-order valence-corrected chi connectivity index (χ2v) is 9.62. The molecule has 1 atom stereocenters. The van der Waals surface area contributed by atoms with Crippen molar-refractivity contribution < 1.29 is 13.4 Å². The molecule has 1 saturated heterocycles. The van der Waals surface area contributed by atoms with E-state index in [2.05, 4.69) is 18.0 Å². The van der Waals surface area contributed by atoms with Crippen molar-refractivity contribution in [1.29, 1.82) is 0 Å². The van der Waals surface area contributed by atoms with Gasteiger partial charge in [0.15, 0.2) is 0 Å². The van der Waals surface area contributed by atoms with Crippen LogP contribution in [-0.2, 0) is 15.6 Å². The maximum atomic E-state index is 14.1. The van der Waals surface area contributed by atoms with Gasteiger partial charge in [-0.05, 0) is 77.7 Å². The molecule has 0 bridgehead atoms. The number of allylic oxidation sites excluding steroid dienone is 2. The molecule has 31 heavy (non-hydrogen) atoms. The Morgan fingerprint density at radius 3 is 2.39 bits per heavy atom. The molecule has 1 heterocycles. The van der Waals surface area contributed by atoms with Crippen molar-refractivity contribution in [2.24, 2.45) is 0 Å². The van der Waals surface area contributed by atoms with Gasteiger partial charge in [-0.25, -0.2) is 4.39 Å². The number of nitrogens with zero attached hydrogens (tertiary/aromatic N) is 2. The largest absolute Gasteiger partial charge is 0.340 e. The number of halogens is 1. The minimum atomic E-state index is -1.02. The summed E-state index contributed by atoms with van der Waals surface area (Å²) in [7, 11) is 1.04. The van der Waals surface area contributed by atoms with Crippen molar-refractivity contribution in [2.45, 2.75) is 18.2 Å². The van der Waals surface area contributed by atoms with Gasteiger partial charge in [-0.15, -0.1) is 0 Å². The lowest BCUT2D eigenvalue weighted by atomic mass is 10.0. The van der Waals surface area contributed by atoms with Gasteiger partial charge in [0, 0.05) is 48.1 Å². The molecule has 1 amide bonds. The molecular weight excluding hydrogens is 411 g/mol. The third-order valence-corrected chi connectivity index (χ3v) is 7.10. The number of hydrogen-bond donors (Lipinski definition) is 0. The average Bonchev–Trinajstić information content (AvgIpc) is 2.99. The van der Waals surface area contributed by atoms with Crippen molar-refractivity contribution in [3.63, 3.8) is 0 Å². The molecule has 2 aromatic carbocycles. The highest BCUT2D eigenvalue weighted by atomic mass is 32.2. The molecule has 0 aromatic heterocycles. The molecule has 1 aliphatic heterocycles. The van der Waals surface area contributed by atoms with Crippen LogP contribution in [0.3, 0.4) is 0 Å². The summed E-state index contributed by atoms with van der Waals surface area (Å²) in [4.78, 5) is 17.9. The Bertz CT molecular complexity index is 1100. The van der Waals surface area contributed by atoms with Gasteiger partial charge in [-0.1, -0.05) is 18.2 Å². The lowest BCUT2D eigenvalue weighted by Gasteiger charge is -2.32. The number of hydrogen-bond acceptors (Lipinski definition) is 3. The molecule has 0 saturated carbocycles. The van der Waals surface area contributed by atoms with E-state index in [1.165, 1.54) is 12.1 Å². The van der Waals surface area contributed by atoms with Crippen LogP contribution in [0.15, 0.2) is 52.9 Å². The van der Waals surface area contributed by atoms with Gasteiger partial charge in [0.05, 0.1) is 6.42 Å². The van der Waals surface area contributed by atoms with Crippen LogP contribution in [0.5, 0.6) is 0 Å². The van der Waals surface area contributed by atoms with Gasteiger partial charge in [0.25, 0.3) is 0 Å². The van der Waals surface area contributed by atoms with Crippen molar-refractivity contribution >= 4 is 33.9 Å². The number of carbonyl (C=O) groups excluding carboxylic acids is 1. The van der Waals surface area contributed by atoms with Gasteiger partial charge in [-0.3, -0.25) is 9.00 Å². The molecule has 4 rings (SSSR count). The van der Waals surface area contributed by atoms with E-state index < -0.39 is 10.8 Å². The highest BCUT2D eigenvalue weighted by molar-refractivity contribution is 7.84. The number of fused-ring (bicyclic) bond motifs is 1. The monoisotopic (exact) mass is 438 g/mol. The lowest BCUT2D eigenvalue weighted by molar-refractivity contribution is -0.131. The van der Waals surface area contributed by atoms with Gasteiger partial charge in [0.2, 0.25) is 5.91 Å². The zero-order valence-electron chi connectivity index (χ0n) is 18.2. The third kappa shape index (κ3) is 4.55. The fourth-order valence-electron chi connectivity index (χ4n) is 4.22. The molecule has 0 N–H and O–H groups in total. The summed E-state index contributed by atoms with van der Waals surface area (Å²) in [5.41, 5.74) is 5.63. The number of benzene rings is 2. The van der Waals surface area contributed by atoms with Crippen LogP contribution in [0.1, 0.15) is 30.0 Å². The maximum Gasteiger partial charge on any atom is 0.227 e. The average molecular weight is 439 g/mol. The van der Waals surface area contributed by atoms with Gasteiger partial charge >= 0.3 is 0 Å². The van der Waals surface area contributed by atoms with Crippen molar-refractivity contribution in [1.82, 2.24) is 9.80 Å². The second kappa shape index (κ2) is 8.89. The number of rotatable bonds is 4. The van der Waals surface area contributed by atoms with Gasteiger partial charge in [-0.2, -0.15) is 0 Å². The van der Waals surface area contributed by atoms with E-state index >= 15 is 0 Å². The van der Waals surface area contributed by atoms with E-state index in [0.29, 0.717) is 0 Å². The smallest absolute Gasteiger partial charge is 0.227 e. The molecule has 0 radical (unpaired) electrons. The number of likely N-dealkylation sites (N-methyl/N-ethyl adjacent to an activating group) is 1. The van der Waals surface area contributed by atoms with Crippen LogP contribution in [0.4, 0.5) is 4.39 Å². The summed E-state index contributed by atoms with van der Waals surface area (Å²) < 4.78 is 25.8. The first-order valence-electron chi connectivity index (χ1n) is 10.5. The quantitative estimate of drug-likeness (QED) is 0.723.